The van der Waals surface area contributed by atoms with Crippen LogP contribution in [0.2, 0.25) is 0 Å². The van der Waals surface area contributed by atoms with Crippen LogP contribution in [-0.4, -0.2) is 13.2 Å². The number of halogens is 1. The lowest BCUT2D eigenvalue weighted by atomic mass is 10.2. The first-order chi connectivity index (χ1) is 10.1. The highest BCUT2D eigenvalue weighted by Gasteiger charge is 2.07. The van der Waals surface area contributed by atoms with Crippen LogP contribution in [0.15, 0.2) is 46.9 Å². The van der Waals surface area contributed by atoms with Crippen LogP contribution in [0, 0.1) is 0 Å². The lowest BCUT2D eigenvalue weighted by Gasteiger charge is -2.14. The predicted octanol–water partition coefficient (Wildman–Crippen LogP) is 4.75. The summed E-state index contributed by atoms with van der Waals surface area (Å²) in [6, 6.07) is 14.1. The molecule has 3 nitrogen and oxygen atoms in total. The van der Waals surface area contributed by atoms with Gasteiger partial charge in [-0.2, -0.15) is 0 Å². The number of hydrogen-bond donors (Lipinski definition) is 1. The van der Waals surface area contributed by atoms with E-state index in [0.29, 0.717) is 6.04 Å². The molecule has 0 spiro atoms. The summed E-state index contributed by atoms with van der Waals surface area (Å²) in [5, 5.41) is 3.41. The van der Waals surface area contributed by atoms with Gasteiger partial charge >= 0.3 is 0 Å². The minimum Gasteiger partial charge on any atom is -0.497 e. The molecule has 0 radical (unpaired) electrons. The Morgan fingerprint density at radius 2 is 1.71 bits per heavy atom. The Hall–Kier alpha value is -1.52. The molecule has 0 fully saturated rings. The van der Waals surface area contributed by atoms with Gasteiger partial charge in [0.2, 0.25) is 0 Å². The van der Waals surface area contributed by atoms with Crippen LogP contribution >= 0.6 is 15.9 Å². The zero-order chi connectivity index (χ0) is 15.2. The lowest BCUT2D eigenvalue weighted by molar-refractivity contribution is 0.412. The van der Waals surface area contributed by atoms with E-state index in [1.807, 2.05) is 36.4 Å². The average Bonchev–Trinajstić information content (AvgIpc) is 2.48. The Morgan fingerprint density at radius 3 is 2.33 bits per heavy atom. The second kappa shape index (κ2) is 7.48. The second-order valence-electron chi connectivity index (χ2n) is 5.07. The van der Waals surface area contributed by atoms with Crippen molar-refractivity contribution in [3.63, 3.8) is 0 Å². The monoisotopic (exact) mass is 349 g/mol. The third kappa shape index (κ3) is 4.76. The molecule has 0 aliphatic rings. The minimum absolute atomic E-state index is 0.429. The number of methoxy groups -OCH3 is 1. The molecule has 0 aliphatic heterocycles. The smallest absolute Gasteiger partial charge is 0.131 e. The normalized spacial score (nSPS) is 10.7. The highest BCUT2D eigenvalue weighted by Crippen LogP contribution is 2.29. The Morgan fingerprint density at radius 1 is 1.05 bits per heavy atom. The number of rotatable bonds is 6. The summed E-state index contributed by atoms with van der Waals surface area (Å²) >= 11 is 3.51. The van der Waals surface area contributed by atoms with Crippen molar-refractivity contribution in [2.24, 2.45) is 0 Å². The van der Waals surface area contributed by atoms with Crippen molar-refractivity contribution in [3.05, 3.63) is 52.5 Å². The molecular formula is C17H20BrNO2. The SMILES string of the molecule is COc1ccc(Oc2ccc(Br)cc2CNC(C)C)cc1. The second-order valence-corrected chi connectivity index (χ2v) is 5.98. The number of hydrogen-bond acceptors (Lipinski definition) is 3. The summed E-state index contributed by atoms with van der Waals surface area (Å²) in [6.07, 6.45) is 0. The lowest BCUT2D eigenvalue weighted by Crippen LogP contribution is -2.22. The Kier molecular flexibility index (Phi) is 5.65. The summed E-state index contributed by atoms with van der Waals surface area (Å²) in [5.41, 5.74) is 1.12. The first kappa shape index (κ1) is 15.9. The van der Waals surface area contributed by atoms with Gasteiger partial charge in [-0.3, -0.25) is 0 Å². The molecule has 2 rings (SSSR count). The van der Waals surface area contributed by atoms with E-state index in [4.69, 9.17) is 9.47 Å². The summed E-state index contributed by atoms with van der Waals surface area (Å²) in [5.74, 6) is 2.47. The first-order valence-corrected chi connectivity index (χ1v) is 7.71. The molecule has 112 valence electrons. The van der Waals surface area contributed by atoms with Gasteiger partial charge in [0.15, 0.2) is 0 Å². The molecule has 21 heavy (non-hydrogen) atoms. The van der Waals surface area contributed by atoms with Gasteiger partial charge in [0.1, 0.15) is 17.2 Å². The average molecular weight is 350 g/mol. The molecule has 0 unspecified atom stereocenters. The van der Waals surface area contributed by atoms with Crippen LogP contribution in [0.1, 0.15) is 19.4 Å². The Balaban J connectivity index is 2.17. The third-order valence-electron chi connectivity index (χ3n) is 3.01. The predicted molar refractivity (Wildman–Crippen MR) is 89.2 cm³/mol. The van der Waals surface area contributed by atoms with Gasteiger partial charge in [-0.25, -0.2) is 0 Å². The third-order valence-corrected chi connectivity index (χ3v) is 3.50. The molecule has 0 aliphatic carbocycles. The molecule has 0 atom stereocenters. The Bertz CT molecular complexity index is 582. The maximum atomic E-state index is 5.98. The fourth-order valence-electron chi connectivity index (χ4n) is 1.87. The van der Waals surface area contributed by atoms with E-state index in [1.54, 1.807) is 7.11 Å². The van der Waals surface area contributed by atoms with Crippen LogP contribution in [-0.2, 0) is 6.54 Å². The molecule has 1 N–H and O–H groups in total. The maximum Gasteiger partial charge on any atom is 0.131 e. The van der Waals surface area contributed by atoms with Crippen molar-refractivity contribution in [3.8, 4) is 17.2 Å². The van der Waals surface area contributed by atoms with Crippen LogP contribution in [0.3, 0.4) is 0 Å². The van der Waals surface area contributed by atoms with Crippen molar-refractivity contribution in [2.45, 2.75) is 26.4 Å². The molecule has 0 amide bonds. The fraction of sp³-hybridized carbons (Fsp3) is 0.294. The van der Waals surface area contributed by atoms with Gasteiger partial charge in [-0.05, 0) is 42.5 Å². The van der Waals surface area contributed by atoms with E-state index >= 15 is 0 Å². The molecule has 2 aromatic rings. The summed E-state index contributed by atoms with van der Waals surface area (Å²) in [4.78, 5) is 0. The molecule has 0 aromatic heterocycles. The van der Waals surface area contributed by atoms with Crippen LogP contribution in [0.4, 0.5) is 0 Å². The standard InChI is InChI=1S/C17H20BrNO2/c1-12(2)19-11-13-10-14(18)4-9-17(13)21-16-7-5-15(20-3)6-8-16/h4-10,12,19H,11H2,1-3H3. The van der Waals surface area contributed by atoms with E-state index < -0.39 is 0 Å². The van der Waals surface area contributed by atoms with E-state index in [0.717, 1.165) is 33.8 Å². The molecule has 0 saturated carbocycles. The molecule has 2 aromatic carbocycles. The van der Waals surface area contributed by atoms with E-state index in [9.17, 15) is 0 Å². The molecule has 0 bridgehead atoms. The van der Waals surface area contributed by atoms with Gasteiger partial charge < -0.3 is 14.8 Å². The van der Waals surface area contributed by atoms with E-state index in [2.05, 4.69) is 41.2 Å². The minimum atomic E-state index is 0.429. The molecule has 4 heteroatoms. The van der Waals surface area contributed by atoms with Crippen molar-refractivity contribution < 1.29 is 9.47 Å². The maximum absolute atomic E-state index is 5.98. The molecule has 0 heterocycles. The van der Waals surface area contributed by atoms with Crippen molar-refractivity contribution in [2.75, 3.05) is 7.11 Å². The number of benzene rings is 2. The van der Waals surface area contributed by atoms with Crippen molar-refractivity contribution in [1.82, 2.24) is 5.32 Å². The quantitative estimate of drug-likeness (QED) is 0.816. The topological polar surface area (TPSA) is 30.5 Å². The number of ether oxygens (including phenoxy) is 2. The van der Waals surface area contributed by atoms with Gasteiger partial charge in [0.25, 0.3) is 0 Å². The summed E-state index contributed by atoms with van der Waals surface area (Å²) < 4.78 is 12.2. The van der Waals surface area contributed by atoms with Gasteiger partial charge in [0.05, 0.1) is 7.11 Å². The van der Waals surface area contributed by atoms with Crippen molar-refractivity contribution in [1.29, 1.82) is 0 Å². The zero-order valence-electron chi connectivity index (χ0n) is 12.5. The summed E-state index contributed by atoms with van der Waals surface area (Å²) in [7, 11) is 1.65. The zero-order valence-corrected chi connectivity index (χ0v) is 14.1. The first-order valence-electron chi connectivity index (χ1n) is 6.92. The van der Waals surface area contributed by atoms with Gasteiger partial charge in [0, 0.05) is 22.6 Å². The highest BCUT2D eigenvalue weighted by molar-refractivity contribution is 9.10. The largest absolute Gasteiger partial charge is 0.497 e. The fourth-order valence-corrected chi connectivity index (χ4v) is 2.28. The summed E-state index contributed by atoms with van der Waals surface area (Å²) in [6.45, 7) is 5.02. The van der Waals surface area contributed by atoms with Crippen LogP contribution in [0.25, 0.3) is 0 Å². The molecular weight excluding hydrogens is 330 g/mol. The van der Waals surface area contributed by atoms with Crippen LogP contribution < -0.4 is 14.8 Å². The number of nitrogens with one attached hydrogen (secondary N) is 1. The highest BCUT2D eigenvalue weighted by atomic mass is 79.9. The van der Waals surface area contributed by atoms with E-state index in [1.165, 1.54) is 0 Å². The van der Waals surface area contributed by atoms with E-state index in [-0.39, 0.29) is 0 Å². The van der Waals surface area contributed by atoms with Crippen molar-refractivity contribution >= 4 is 15.9 Å². The van der Waals surface area contributed by atoms with Gasteiger partial charge in [-0.15, -0.1) is 0 Å². The van der Waals surface area contributed by atoms with Crippen LogP contribution in [0.5, 0.6) is 17.2 Å². The molecule has 0 saturated heterocycles. The van der Waals surface area contributed by atoms with Gasteiger partial charge in [-0.1, -0.05) is 29.8 Å². The Labute approximate surface area is 134 Å².